The summed E-state index contributed by atoms with van der Waals surface area (Å²) in [4.78, 5) is 0. The average molecular weight is 358 g/mol. The second kappa shape index (κ2) is 12.0. The van der Waals surface area contributed by atoms with Crippen molar-refractivity contribution in [2.45, 2.75) is 39.0 Å². The number of halogens is 1. The van der Waals surface area contributed by atoms with E-state index in [2.05, 4.69) is 39.4 Å². The van der Waals surface area contributed by atoms with Crippen LogP contribution in [0.25, 0.3) is 0 Å². The summed E-state index contributed by atoms with van der Waals surface area (Å²) < 4.78 is 11.7. The molecule has 0 amide bonds. The second-order valence-electron chi connectivity index (χ2n) is 5.09. The average Bonchev–Trinajstić information content (AvgIpc) is 2.48. The molecule has 0 bridgehead atoms. The Kier molecular flexibility index (Phi) is 10.6. The summed E-state index contributed by atoms with van der Waals surface area (Å²) in [6.07, 6.45) is 6.18. The molecule has 0 aliphatic heterocycles. The van der Waals surface area contributed by atoms with Gasteiger partial charge in [0.05, 0.1) is 13.2 Å². The number of unbranched alkanes of at least 4 members (excludes halogenated alkanes) is 3. The van der Waals surface area contributed by atoms with Gasteiger partial charge >= 0.3 is 0 Å². The highest BCUT2D eigenvalue weighted by molar-refractivity contribution is 9.10. The lowest BCUT2D eigenvalue weighted by Gasteiger charge is -2.08. The standard InChI is InChI=1S/C17H28BrNO2/c1-3-21-16-10-9-15(17(18)14-16)8-6-4-5-7-11-19-12-13-20-2/h9-10,14,19H,3-8,11-13H2,1-2H3. The minimum Gasteiger partial charge on any atom is -0.494 e. The molecule has 120 valence electrons. The lowest BCUT2D eigenvalue weighted by molar-refractivity contribution is 0.199. The van der Waals surface area contributed by atoms with Gasteiger partial charge in [0.25, 0.3) is 0 Å². The summed E-state index contributed by atoms with van der Waals surface area (Å²) in [5.41, 5.74) is 1.37. The third-order valence-corrected chi connectivity index (χ3v) is 4.11. The van der Waals surface area contributed by atoms with Crippen molar-refractivity contribution < 1.29 is 9.47 Å². The molecule has 0 aliphatic rings. The first-order valence-electron chi connectivity index (χ1n) is 7.88. The molecule has 3 nitrogen and oxygen atoms in total. The van der Waals surface area contributed by atoms with Crippen LogP contribution in [0.3, 0.4) is 0 Å². The van der Waals surface area contributed by atoms with E-state index in [0.717, 1.165) is 36.3 Å². The Morgan fingerprint density at radius 1 is 1.10 bits per heavy atom. The third-order valence-electron chi connectivity index (χ3n) is 3.37. The minimum absolute atomic E-state index is 0.713. The van der Waals surface area contributed by atoms with Crippen molar-refractivity contribution in [3.8, 4) is 5.75 Å². The van der Waals surface area contributed by atoms with Crippen LogP contribution in [0.2, 0.25) is 0 Å². The molecule has 0 saturated carbocycles. The Morgan fingerprint density at radius 2 is 1.90 bits per heavy atom. The van der Waals surface area contributed by atoms with Gasteiger partial charge in [-0.15, -0.1) is 0 Å². The highest BCUT2D eigenvalue weighted by Gasteiger charge is 2.02. The van der Waals surface area contributed by atoms with Crippen molar-refractivity contribution in [1.29, 1.82) is 0 Å². The predicted molar refractivity (Wildman–Crippen MR) is 92.2 cm³/mol. The van der Waals surface area contributed by atoms with Crippen LogP contribution < -0.4 is 10.1 Å². The molecule has 0 fully saturated rings. The van der Waals surface area contributed by atoms with E-state index in [1.165, 1.54) is 31.2 Å². The Hall–Kier alpha value is -0.580. The van der Waals surface area contributed by atoms with Crippen LogP contribution in [0.1, 0.15) is 38.2 Å². The Balaban J connectivity index is 2.10. The van der Waals surface area contributed by atoms with Gasteiger partial charge in [-0.05, 0) is 50.4 Å². The van der Waals surface area contributed by atoms with E-state index < -0.39 is 0 Å². The van der Waals surface area contributed by atoms with Crippen molar-refractivity contribution in [3.63, 3.8) is 0 Å². The van der Waals surface area contributed by atoms with E-state index in [0.29, 0.717) is 6.61 Å². The maximum atomic E-state index is 5.49. The van der Waals surface area contributed by atoms with Gasteiger partial charge in [-0.25, -0.2) is 0 Å². The Morgan fingerprint density at radius 3 is 2.62 bits per heavy atom. The lowest BCUT2D eigenvalue weighted by Crippen LogP contribution is -2.20. The molecule has 1 N–H and O–H groups in total. The summed E-state index contributed by atoms with van der Waals surface area (Å²) in [5, 5.41) is 3.38. The normalized spacial score (nSPS) is 10.8. The fourth-order valence-electron chi connectivity index (χ4n) is 2.21. The maximum Gasteiger partial charge on any atom is 0.120 e. The molecule has 1 aromatic carbocycles. The van der Waals surface area contributed by atoms with Gasteiger partial charge in [-0.1, -0.05) is 34.8 Å². The van der Waals surface area contributed by atoms with Crippen molar-refractivity contribution in [2.75, 3.05) is 33.4 Å². The number of nitrogens with one attached hydrogen (secondary N) is 1. The summed E-state index contributed by atoms with van der Waals surface area (Å²) in [6, 6.07) is 6.29. The van der Waals surface area contributed by atoms with Gasteiger partial charge in [-0.2, -0.15) is 0 Å². The first-order chi connectivity index (χ1) is 10.3. The van der Waals surface area contributed by atoms with E-state index in [1.807, 2.05) is 6.92 Å². The zero-order chi connectivity index (χ0) is 15.3. The Bertz CT molecular complexity index is 385. The smallest absolute Gasteiger partial charge is 0.120 e. The number of aryl methyl sites for hydroxylation is 1. The van der Waals surface area contributed by atoms with Gasteiger partial charge in [0.2, 0.25) is 0 Å². The van der Waals surface area contributed by atoms with Crippen LogP contribution >= 0.6 is 15.9 Å². The molecule has 0 aliphatic carbocycles. The highest BCUT2D eigenvalue weighted by atomic mass is 79.9. The number of hydrogen-bond donors (Lipinski definition) is 1. The van der Waals surface area contributed by atoms with Gasteiger partial charge in [-0.3, -0.25) is 0 Å². The summed E-state index contributed by atoms with van der Waals surface area (Å²) >= 11 is 3.63. The number of methoxy groups -OCH3 is 1. The zero-order valence-electron chi connectivity index (χ0n) is 13.3. The van der Waals surface area contributed by atoms with Crippen LogP contribution in [-0.2, 0) is 11.2 Å². The molecule has 0 aromatic heterocycles. The van der Waals surface area contributed by atoms with Crippen LogP contribution in [0.15, 0.2) is 22.7 Å². The van der Waals surface area contributed by atoms with E-state index in [-0.39, 0.29) is 0 Å². The molecule has 0 saturated heterocycles. The summed E-state index contributed by atoms with van der Waals surface area (Å²) in [6.45, 7) is 5.56. The first-order valence-corrected chi connectivity index (χ1v) is 8.68. The molecular formula is C17H28BrNO2. The highest BCUT2D eigenvalue weighted by Crippen LogP contribution is 2.24. The minimum atomic E-state index is 0.713. The number of ether oxygens (including phenoxy) is 2. The van der Waals surface area contributed by atoms with Gasteiger partial charge in [0, 0.05) is 18.1 Å². The molecule has 21 heavy (non-hydrogen) atoms. The molecule has 1 rings (SSSR count). The van der Waals surface area contributed by atoms with E-state index >= 15 is 0 Å². The summed E-state index contributed by atoms with van der Waals surface area (Å²) in [7, 11) is 1.74. The molecule has 0 spiro atoms. The zero-order valence-corrected chi connectivity index (χ0v) is 14.9. The van der Waals surface area contributed by atoms with Crippen LogP contribution in [0, 0.1) is 0 Å². The molecule has 0 atom stereocenters. The maximum absolute atomic E-state index is 5.49. The first kappa shape index (κ1) is 18.5. The molecule has 4 heteroatoms. The predicted octanol–water partition coefficient (Wildman–Crippen LogP) is 4.19. The van der Waals surface area contributed by atoms with E-state index in [9.17, 15) is 0 Å². The molecule has 1 aromatic rings. The fourth-order valence-corrected chi connectivity index (χ4v) is 2.76. The van der Waals surface area contributed by atoms with Gasteiger partial charge < -0.3 is 14.8 Å². The van der Waals surface area contributed by atoms with Crippen molar-refractivity contribution >= 4 is 15.9 Å². The monoisotopic (exact) mass is 357 g/mol. The van der Waals surface area contributed by atoms with E-state index in [4.69, 9.17) is 9.47 Å². The topological polar surface area (TPSA) is 30.5 Å². The lowest BCUT2D eigenvalue weighted by atomic mass is 10.1. The fraction of sp³-hybridized carbons (Fsp3) is 0.647. The van der Waals surface area contributed by atoms with Crippen molar-refractivity contribution in [1.82, 2.24) is 5.32 Å². The Labute approximate surface area is 137 Å². The van der Waals surface area contributed by atoms with Crippen LogP contribution in [0.5, 0.6) is 5.75 Å². The molecule has 0 radical (unpaired) electrons. The van der Waals surface area contributed by atoms with Crippen molar-refractivity contribution in [2.24, 2.45) is 0 Å². The van der Waals surface area contributed by atoms with Gasteiger partial charge in [0.15, 0.2) is 0 Å². The molecule has 0 unspecified atom stereocenters. The van der Waals surface area contributed by atoms with E-state index in [1.54, 1.807) is 7.11 Å². The molecule has 0 heterocycles. The third kappa shape index (κ3) is 8.44. The largest absolute Gasteiger partial charge is 0.494 e. The second-order valence-corrected chi connectivity index (χ2v) is 5.95. The number of benzene rings is 1. The SMILES string of the molecule is CCOc1ccc(CCCCCCNCCOC)c(Br)c1. The van der Waals surface area contributed by atoms with Gasteiger partial charge in [0.1, 0.15) is 5.75 Å². The summed E-state index contributed by atoms with van der Waals surface area (Å²) in [5.74, 6) is 0.940. The quantitative estimate of drug-likeness (QED) is 0.569. The van der Waals surface area contributed by atoms with Crippen molar-refractivity contribution in [3.05, 3.63) is 28.2 Å². The van der Waals surface area contributed by atoms with Crippen LogP contribution in [-0.4, -0.2) is 33.4 Å². The van der Waals surface area contributed by atoms with Crippen LogP contribution in [0.4, 0.5) is 0 Å². The number of rotatable bonds is 12. The number of hydrogen-bond acceptors (Lipinski definition) is 3. The molecular weight excluding hydrogens is 330 g/mol.